The molecule has 1 aromatic heterocycles. The Labute approximate surface area is 136 Å². The number of ether oxygens (including phenoxy) is 1. The number of amides is 2. The highest BCUT2D eigenvalue weighted by atomic mass is 16.5. The van der Waals surface area contributed by atoms with Crippen molar-refractivity contribution in [1.82, 2.24) is 15.5 Å². The molecule has 0 spiro atoms. The predicted octanol–water partition coefficient (Wildman–Crippen LogP) is 2.85. The van der Waals surface area contributed by atoms with E-state index in [1.807, 2.05) is 12.1 Å². The minimum atomic E-state index is -0.251. The Kier molecular flexibility index (Phi) is 4.61. The Balaban J connectivity index is 1.49. The second-order valence-electron chi connectivity index (χ2n) is 6.86. The number of aromatic nitrogens is 2. The lowest BCUT2D eigenvalue weighted by atomic mass is 9.81. The summed E-state index contributed by atoms with van der Waals surface area (Å²) in [5.41, 5.74) is 2.27. The maximum absolute atomic E-state index is 12.0. The van der Waals surface area contributed by atoms with Gasteiger partial charge in [-0.15, -0.1) is 5.10 Å². The van der Waals surface area contributed by atoms with Gasteiger partial charge in [-0.25, -0.2) is 4.79 Å². The molecule has 1 aliphatic carbocycles. The monoisotopic (exact) mass is 316 g/mol. The molecule has 124 valence electrons. The van der Waals surface area contributed by atoms with E-state index >= 15 is 0 Å². The number of carbonyl (C=O) groups excluding carboxylic acids is 1. The zero-order chi connectivity index (χ0) is 16.3. The Hall–Kier alpha value is -1.95. The summed E-state index contributed by atoms with van der Waals surface area (Å²) in [4.78, 5) is 12.0. The summed E-state index contributed by atoms with van der Waals surface area (Å²) in [5, 5.41) is 13.9. The second kappa shape index (κ2) is 6.66. The van der Waals surface area contributed by atoms with Gasteiger partial charge < -0.3 is 10.1 Å². The van der Waals surface area contributed by atoms with Crippen LogP contribution < -0.4 is 10.6 Å². The van der Waals surface area contributed by atoms with Gasteiger partial charge in [0.2, 0.25) is 0 Å². The van der Waals surface area contributed by atoms with Gasteiger partial charge in [-0.05, 0) is 31.4 Å². The van der Waals surface area contributed by atoms with Gasteiger partial charge in [-0.1, -0.05) is 25.5 Å². The molecule has 1 fully saturated rings. The highest BCUT2D eigenvalue weighted by Crippen LogP contribution is 2.38. The average molecular weight is 316 g/mol. The first-order chi connectivity index (χ1) is 11.0. The van der Waals surface area contributed by atoms with Crippen LogP contribution in [0.5, 0.6) is 0 Å². The van der Waals surface area contributed by atoms with Gasteiger partial charge in [-0.3, -0.25) is 5.32 Å². The van der Waals surface area contributed by atoms with Crippen molar-refractivity contribution in [2.24, 2.45) is 5.41 Å². The summed E-state index contributed by atoms with van der Waals surface area (Å²) in [6, 6.07) is 3.50. The zero-order valence-corrected chi connectivity index (χ0v) is 13.8. The number of nitrogens with zero attached hydrogens (tertiary/aromatic N) is 2. The van der Waals surface area contributed by atoms with Crippen LogP contribution >= 0.6 is 0 Å². The third-order valence-corrected chi connectivity index (χ3v) is 4.45. The number of anilines is 1. The highest BCUT2D eigenvalue weighted by Gasteiger charge is 2.26. The van der Waals surface area contributed by atoms with E-state index < -0.39 is 0 Å². The number of hydrogen-bond donors (Lipinski definition) is 2. The van der Waals surface area contributed by atoms with Crippen molar-refractivity contribution < 1.29 is 9.53 Å². The van der Waals surface area contributed by atoms with Crippen molar-refractivity contribution in [2.75, 3.05) is 25.1 Å². The summed E-state index contributed by atoms with van der Waals surface area (Å²) in [6.07, 6.45) is 5.42. The Bertz CT molecular complexity index is 591. The second-order valence-corrected chi connectivity index (χ2v) is 6.86. The van der Waals surface area contributed by atoms with Crippen molar-refractivity contribution in [3.63, 3.8) is 0 Å². The van der Waals surface area contributed by atoms with Gasteiger partial charge in [0.25, 0.3) is 0 Å². The number of nitrogens with one attached hydrogen (secondary N) is 2. The molecule has 2 heterocycles. The first kappa shape index (κ1) is 15.9. The van der Waals surface area contributed by atoms with Gasteiger partial charge in [0.05, 0.1) is 18.9 Å². The molecule has 1 saturated carbocycles. The normalized spacial score (nSPS) is 18.3. The number of carbonyl (C=O) groups is 1. The zero-order valence-electron chi connectivity index (χ0n) is 13.8. The average Bonchev–Trinajstić information content (AvgIpc) is 3.40. The molecular weight excluding hydrogens is 292 g/mol. The lowest BCUT2D eigenvalue weighted by Gasteiger charge is -2.30. The van der Waals surface area contributed by atoms with Gasteiger partial charge >= 0.3 is 6.03 Å². The standard InChI is InChI=1S/C17H24N4O2/c1-17(2,13-7-9-23-10-8-13)11-18-16(22)19-15-6-5-14(20-21-15)12-3-4-12/h5-7,12H,3-4,8-11H2,1-2H3,(H2,18,19,21,22). The van der Waals surface area contributed by atoms with Crippen LogP contribution in [0.15, 0.2) is 23.8 Å². The summed E-state index contributed by atoms with van der Waals surface area (Å²) >= 11 is 0. The van der Waals surface area contributed by atoms with Crippen LogP contribution in [0.25, 0.3) is 0 Å². The molecule has 6 heteroatoms. The fraction of sp³-hybridized carbons (Fsp3) is 0.588. The first-order valence-corrected chi connectivity index (χ1v) is 8.20. The molecule has 2 N–H and O–H groups in total. The minimum absolute atomic E-state index is 0.0807. The van der Waals surface area contributed by atoms with Gasteiger partial charge in [-0.2, -0.15) is 5.10 Å². The molecule has 23 heavy (non-hydrogen) atoms. The largest absolute Gasteiger partial charge is 0.377 e. The first-order valence-electron chi connectivity index (χ1n) is 8.20. The summed E-state index contributed by atoms with van der Waals surface area (Å²) in [7, 11) is 0. The van der Waals surface area contributed by atoms with Crippen LogP contribution in [0.1, 0.15) is 44.7 Å². The van der Waals surface area contributed by atoms with E-state index in [0.29, 0.717) is 24.9 Å². The fourth-order valence-electron chi connectivity index (χ4n) is 2.72. The molecular formula is C17H24N4O2. The quantitative estimate of drug-likeness (QED) is 0.819. The molecule has 0 radical (unpaired) electrons. The van der Waals surface area contributed by atoms with Crippen molar-refractivity contribution in [3.8, 4) is 0 Å². The number of urea groups is 1. The van der Waals surface area contributed by atoms with E-state index in [0.717, 1.165) is 18.7 Å². The maximum atomic E-state index is 12.0. The van der Waals surface area contributed by atoms with Crippen LogP contribution in [0.2, 0.25) is 0 Å². The third kappa shape index (κ3) is 4.28. The van der Waals surface area contributed by atoms with Gasteiger partial charge in [0.1, 0.15) is 0 Å². The topological polar surface area (TPSA) is 76.1 Å². The maximum Gasteiger partial charge on any atom is 0.320 e. The van der Waals surface area contributed by atoms with Crippen molar-refractivity contribution in [3.05, 3.63) is 29.5 Å². The molecule has 0 aromatic carbocycles. The Morgan fingerprint density at radius 3 is 2.78 bits per heavy atom. The Morgan fingerprint density at radius 2 is 2.17 bits per heavy atom. The Morgan fingerprint density at radius 1 is 1.35 bits per heavy atom. The molecule has 0 unspecified atom stereocenters. The van der Waals surface area contributed by atoms with E-state index in [1.54, 1.807) is 0 Å². The molecule has 6 nitrogen and oxygen atoms in total. The minimum Gasteiger partial charge on any atom is -0.377 e. The molecule has 1 aliphatic heterocycles. The van der Waals surface area contributed by atoms with E-state index in [4.69, 9.17) is 4.74 Å². The molecule has 1 aromatic rings. The molecule has 0 saturated heterocycles. The molecule has 3 rings (SSSR count). The molecule has 0 atom stereocenters. The van der Waals surface area contributed by atoms with Crippen LogP contribution in [0, 0.1) is 5.41 Å². The number of hydrogen-bond acceptors (Lipinski definition) is 4. The van der Waals surface area contributed by atoms with Gasteiger partial charge in [0.15, 0.2) is 5.82 Å². The molecule has 0 bridgehead atoms. The summed E-state index contributed by atoms with van der Waals surface area (Å²) in [6.45, 7) is 6.25. The van der Waals surface area contributed by atoms with Crippen LogP contribution in [0.3, 0.4) is 0 Å². The van der Waals surface area contributed by atoms with E-state index in [-0.39, 0.29) is 11.4 Å². The van der Waals surface area contributed by atoms with Crippen molar-refractivity contribution in [1.29, 1.82) is 0 Å². The van der Waals surface area contributed by atoms with E-state index in [9.17, 15) is 4.79 Å². The van der Waals surface area contributed by atoms with Crippen LogP contribution in [-0.4, -0.2) is 36.0 Å². The molecule has 2 aliphatic rings. The van der Waals surface area contributed by atoms with Crippen molar-refractivity contribution in [2.45, 2.75) is 39.0 Å². The number of rotatable bonds is 5. The van der Waals surface area contributed by atoms with E-state index in [2.05, 4.69) is 40.8 Å². The summed E-state index contributed by atoms with van der Waals surface area (Å²) < 4.78 is 5.34. The van der Waals surface area contributed by atoms with E-state index in [1.165, 1.54) is 18.4 Å². The lowest BCUT2D eigenvalue weighted by Crippen LogP contribution is -2.38. The fourth-order valence-corrected chi connectivity index (χ4v) is 2.72. The van der Waals surface area contributed by atoms with Crippen molar-refractivity contribution >= 4 is 11.8 Å². The van der Waals surface area contributed by atoms with Crippen LogP contribution in [0.4, 0.5) is 10.6 Å². The predicted molar refractivity (Wildman–Crippen MR) is 88.3 cm³/mol. The summed E-state index contributed by atoms with van der Waals surface area (Å²) in [5.74, 6) is 1.05. The SMILES string of the molecule is CC(C)(CNC(=O)Nc1ccc(C2CC2)nn1)C1=CCOCC1. The third-order valence-electron chi connectivity index (χ3n) is 4.45. The molecule has 2 amide bonds. The smallest absolute Gasteiger partial charge is 0.320 e. The lowest BCUT2D eigenvalue weighted by molar-refractivity contribution is 0.145. The van der Waals surface area contributed by atoms with Crippen LogP contribution in [-0.2, 0) is 4.74 Å². The van der Waals surface area contributed by atoms with Gasteiger partial charge in [0, 0.05) is 17.9 Å². The highest BCUT2D eigenvalue weighted by molar-refractivity contribution is 5.88.